The first-order chi connectivity index (χ1) is 14.2. The quantitative estimate of drug-likeness (QED) is 0.375. The molecule has 6 heteroatoms. The molecule has 0 unspecified atom stereocenters. The second kappa shape index (κ2) is 10.1. The van der Waals surface area contributed by atoms with Crippen LogP contribution in [0.2, 0.25) is 0 Å². The highest BCUT2D eigenvalue weighted by Gasteiger charge is 2.21. The number of carbonyl (C=O) groups is 1. The highest BCUT2D eigenvalue weighted by atomic mass is 16.6. The zero-order valence-corrected chi connectivity index (χ0v) is 18.8. The lowest BCUT2D eigenvalue weighted by atomic mass is 9.83. The highest BCUT2D eigenvalue weighted by molar-refractivity contribution is 6.43. The number of oxime groups is 2. The Balaban J connectivity index is 2.33. The van der Waals surface area contributed by atoms with Gasteiger partial charge in [0, 0.05) is 16.7 Å². The zero-order valence-electron chi connectivity index (χ0n) is 18.8. The van der Waals surface area contributed by atoms with Crippen molar-refractivity contribution in [3.8, 4) is 0 Å². The average Bonchev–Trinajstić information content (AvgIpc) is 2.72. The van der Waals surface area contributed by atoms with Crippen LogP contribution in [-0.4, -0.2) is 31.6 Å². The van der Waals surface area contributed by atoms with E-state index in [9.17, 15) is 4.79 Å². The normalized spacial score (nSPS) is 12.5. The Morgan fingerprint density at radius 3 is 2.27 bits per heavy atom. The fourth-order valence-electron chi connectivity index (χ4n) is 3.20. The van der Waals surface area contributed by atoms with Crippen LogP contribution < -0.4 is 0 Å². The summed E-state index contributed by atoms with van der Waals surface area (Å²) in [7, 11) is 2.69. The molecule has 2 aromatic carbocycles. The molecule has 0 fully saturated rings. The van der Waals surface area contributed by atoms with E-state index < -0.39 is 5.97 Å². The first-order valence-corrected chi connectivity index (χ1v) is 9.75. The lowest BCUT2D eigenvalue weighted by Crippen LogP contribution is -2.20. The maximum atomic E-state index is 12.2. The Labute approximate surface area is 178 Å². The van der Waals surface area contributed by atoms with E-state index in [0.717, 1.165) is 22.4 Å². The van der Waals surface area contributed by atoms with Crippen LogP contribution in [0.4, 0.5) is 0 Å². The predicted octanol–water partition coefficient (Wildman–Crippen LogP) is 4.76. The third-order valence-electron chi connectivity index (χ3n) is 4.76. The molecule has 160 valence electrons. The van der Waals surface area contributed by atoms with Crippen molar-refractivity contribution >= 4 is 17.4 Å². The van der Waals surface area contributed by atoms with Gasteiger partial charge in [0.25, 0.3) is 0 Å². The number of methoxy groups -OCH3 is 1. The van der Waals surface area contributed by atoms with Gasteiger partial charge in [0.15, 0.2) is 5.71 Å². The van der Waals surface area contributed by atoms with Crippen molar-refractivity contribution < 1.29 is 19.2 Å². The van der Waals surface area contributed by atoms with E-state index in [1.807, 2.05) is 44.2 Å². The smallest absolute Gasteiger partial charge is 0.360 e. The molecule has 0 aromatic heterocycles. The van der Waals surface area contributed by atoms with E-state index in [0.29, 0.717) is 5.56 Å². The van der Waals surface area contributed by atoms with Crippen molar-refractivity contribution in [2.45, 2.75) is 46.6 Å². The molecule has 0 saturated carbocycles. The fraction of sp³-hybridized carbons (Fsp3) is 0.375. The van der Waals surface area contributed by atoms with Gasteiger partial charge in [-0.2, -0.15) is 0 Å². The van der Waals surface area contributed by atoms with E-state index in [1.54, 1.807) is 6.07 Å². The molecule has 30 heavy (non-hydrogen) atoms. The summed E-state index contributed by atoms with van der Waals surface area (Å²) in [5.74, 6) is -0.581. The van der Waals surface area contributed by atoms with Gasteiger partial charge < -0.3 is 14.4 Å². The second-order valence-electron chi connectivity index (χ2n) is 7.96. The SMILES string of the molecule is CO/N=C(/C(=O)OC)c1cccc(C)c1CO/N=C(\C)c1ccccc1C(C)(C)C. The number of nitrogens with zero attached hydrogens (tertiary/aromatic N) is 2. The second-order valence-corrected chi connectivity index (χ2v) is 7.96. The summed E-state index contributed by atoms with van der Waals surface area (Å²) in [6.07, 6.45) is 0. The lowest BCUT2D eigenvalue weighted by molar-refractivity contribution is -0.132. The van der Waals surface area contributed by atoms with Gasteiger partial charge in [-0.05, 0) is 30.4 Å². The van der Waals surface area contributed by atoms with E-state index >= 15 is 0 Å². The van der Waals surface area contributed by atoms with Crippen LogP contribution in [0.3, 0.4) is 0 Å². The van der Waals surface area contributed by atoms with Crippen molar-refractivity contribution in [3.05, 3.63) is 70.3 Å². The molecule has 0 saturated heterocycles. The maximum Gasteiger partial charge on any atom is 0.360 e. The molecule has 6 nitrogen and oxygen atoms in total. The van der Waals surface area contributed by atoms with Crippen LogP contribution in [-0.2, 0) is 31.2 Å². The van der Waals surface area contributed by atoms with Crippen LogP contribution in [0, 0.1) is 6.92 Å². The summed E-state index contributed by atoms with van der Waals surface area (Å²) >= 11 is 0. The molecule has 0 N–H and O–H groups in total. The van der Waals surface area contributed by atoms with Gasteiger partial charge in [0.2, 0.25) is 0 Å². The molecule has 0 heterocycles. The van der Waals surface area contributed by atoms with Crippen molar-refractivity contribution in [2.75, 3.05) is 14.2 Å². The van der Waals surface area contributed by atoms with Crippen LogP contribution in [0.1, 0.15) is 55.5 Å². The fourth-order valence-corrected chi connectivity index (χ4v) is 3.20. The largest absolute Gasteiger partial charge is 0.464 e. The van der Waals surface area contributed by atoms with Gasteiger partial charge in [-0.15, -0.1) is 0 Å². The number of ether oxygens (including phenoxy) is 1. The monoisotopic (exact) mass is 410 g/mol. The minimum atomic E-state index is -0.581. The van der Waals surface area contributed by atoms with Gasteiger partial charge in [-0.1, -0.05) is 73.5 Å². The topological polar surface area (TPSA) is 69.5 Å². The van der Waals surface area contributed by atoms with Gasteiger partial charge in [0.05, 0.1) is 12.8 Å². The summed E-state index contributed by atoms with van der Waals surface area (Å²) in [5.41, 5.74) is 5.44. The molecule has 0 aliphatic heterocycles. The van der Waals surface area contributed by atoms with Crippen molar-refractivity contribution in [3.63, 3.8) is 0 Å². The third kappa shape index (κ3) is 5.47. The lowest BCUT2D eigenvalue weighted by Gasteiger charge is -2.22. The summed E-state index contributed by atoms with van der Waals surface area (Å²) in [5, 5.41) is 8.19. The third-order valence-corrected chi connectivity index (χ3v) is 4.76. The van der Waals surface area contributed by atoms with Crippen LogP contribution in [0.25, 0.3) is 0 Å². The molecule has 0 spiro atoms. The van der Waals surface area contributed by atoms with E-state index in [2.05, 4.69) is 37.1 Å². The zero-order chi connectivity index (χ0) is 22.3. The van der Waals surface area contributed by atoms with Crippen molar-refractivity contribution in [1.29, 1.82) is 0 Å². The highest BCUT2D eigenvalue weighted by Crippen LogP contribution is 2.26. The predicted molar refractivity (Wildman–Crippen MR) is 119 cm³/mol. The molecular formula is C24H30N2O4. The molecule has 0 bridgehead atoms. The van der Waals surface area contributed by atoms with E-state index in [-0.39, 0.29) is 17.7 Å². The summed E-state index contributed by atoms with van der Waals surface area (Å²) in [4.78, 5) is 22.7. The number of hydrogen-bond acceptors (Lipinski definition) is 6. The molecule has 0 radical (unpaired) electrons. The average molecular weight is 411 g/mol. The van der Waals surface area contributed by atoms with Crippen molar-refractivity contribution in [1.82, 2.24) is 0 Å². The van der Waals surface area contributed by atoms with Gasteiger partial charge >= 0.3 is 5.97 Å². The minimum absolute atomic E-state index is 0.0113. The molecule has 2 aromatic rings. The molecule has 0 amide bonds. The van der Waals surface area contributed by atoms with Crippen molar-refractivity contribution in [2.24, 2.45) is 10.3 Å². The number of benzene rings is 2. The number of rotatable bonds is 7. The van der Waals surface area contributed by atoms with Gasteiger partial charge in [-0.3, -0.25) is 0 Å². The number of aryl methyl sites for hydroxylation is 1. The maximum absolute atomic E-state index is 12.2. The molecule has 0 aliphatic carbocycles. The number of hydrogen-bond donors (Lipinski definition) is 0. The number of carbonyl (C=O) groups excluding carboxylic acids is 1. The summed E-state index contributed by atoms with van der Waals surface area (Å²) in [6.45, 7) is 10.6. The van der Waals surface area contributed by atoms with E-state index in [1.165, 1.54) is 19.8 Å². The summed E-state index contributed by atoms with van der Waals surface area (Å²) < 4.78 is 4.84. The Morgan fingerprint density at radius 2 is 1.63 bits per heavy atom. The first kappa shape index (κ1) is 23.1. The molecular weight excluding hydrogens is 380 g/mol. The van der Waals surface area contributed by atoms with Gasteiger partial charge in [-0.25, -0.2) is 4.79 Å². The molecule has 2 rings (SSSR count). The van der Waals surface area contributed by atoms with Gasteiger partial charge in [0.1, 0.15) is 13.7 Å². The molecule has 0 aliphatic rings. The minimum Gasteiger partial charge on any atom is -0.464 e. The standard InChI is InChI=1S/C24H30N2O4/c1-16-11-10-13-19(22(26-29-7)23(27)28-6)20(16)15-30-25-17(2)18-12-8-9-14-21(18)24(3,4)5/h8-14H,15H2,1-7H3/b25-17+,26-22+. The first-order valence-electron chi connectivity index (χ1n) is 9.75. The Kier molecular flexibility index (Phi) is 7.75. The number of esters is 1. The van der Waals surface area contributed by atoms with Crippen LogP contribution in [0.15, 0.2) is 52.8 Å². The Bertz CT molecular complexity index is 956. The Morgan fingerprint density at radius 1 is 0.967 bits per heavy atom. The van der Waals surface area contributed by atoms with Crippen LogP contribution in [0.5, 0.6) is 0 Å². The molecule has 0 atom stereocenters. The Hall–Kier alpha value is -3.15. The summed E-state index contributed by atoms with van der Waals surface area (Å²) in [6, 6.07) is 13.7. The van der Waals surface area contributed by atoms with E-state index in [4.69, 9.17) is 14.4 Å². The van der Waals surface area contributed by atoms with Crippen LogP contribution >= 0.6 is 0 Å².